The number of benzene rings is 1. The van der Waals surface area contributed by atoms with Crippen molar-refractivity contribution in [2.45, 2.75) is 32.2 Å². The van der Waals surface area contributed by atoms with E-state index in [0.29, 0.717) is 18.7 Å². The average molecular weight is 364 g/mol. The van der Waals surface area contributed by atoms with Crippen molar-refractivity contribution in [3.8, 4) is 11.5 Å². The van der Waals surface area contributed by atoms with Crippen LogP contribution in [0.1, 0.15) is 19.8 Å². The molecule has 0 saturated carbocycles. The van der Waals surface area contributed by atoms with Gasteiger partial charge in [-0.05, 0) is 45.1 Å². The lowest BCUT2D eigenvalue weighted by molar-refractivity contribution is 0.131. The van der Waals surface area contributed by atoms with E-state index < -0.39 is 0 Å². The van der Waals surface area contributed by atoms with Gasteiger partial charge in [0, 0.05) is 30.8 Å². The third-order valence-electron chi connectivity index (χ3n) is 5.01. The lowest BCUT2D eigenvalue weighted by Gasteiger charge is -2.33. The Morgan fingerprint density at radius 1 is 1.31 bits per heavy atom. The van der Waals surface area contributed by atoms with Gasteiger partial charge >= 0.3 is 0 Å². The number of methoxy groups -OCH3 is 1. The van der Waals surface area contributed by atoms with Gasteiger partial charge in [0.25, 0.3) is 0 Å². The highest BCUT2D eigenvalue weighted by molar-refractivity contribution is 5.55. The summed E-state index contributed by atoms with van der Waals surface area (Å²) >= 11 is 0. The van der Waals surface area contributed by atoms with Gasteiger partial charge in [0.05, 0.1) is 19.9 Å². The molecule has 2 aliphatic rings. The summed E-state index contributed by atoms with van der Waals surface area (Å²) in [6.45, 7) is 7.44. The van der Waals surface area contributed by atoms with Crippen molar-refractivity contribution in [2.75, 3.05) is 52.3 Å². The molecule has 2 unspecified atom stereocenters. The predicted octanol–water partition coefficient (Wildman–Crippen LogP) is 1.24. The Labute approximate surface area is 156 Å². The van der Waals surface area contributed by atoms with E-state index in [-0.39, 0.29) is 6.29 Å². The summed E-state index contributed by atoms with van der Waals surface area (Å²) < 4.78 is 11.6. The van der Waals surface area contributed by atoms with Crippen molar-refractivity contribution in [1.82, 2.24) is 20.9 Å². The number of nitrogens with one attached hydrogen (secondary N) is 4. The van der Waals surface area contributed by atoms with Gasteiger partial charge in [-0.25, -0.2) is 0 Å². The van der Waals surface area contributed by atoms with Gasteiger partial charge in [-0.2, -0.15) is 0 Å². The van der Waals surface area contributed by atoms with Crippen LogP contribution in [0.5, 0.6) is 11.5 Å². The van der Waals surface area contributed by atoms with Crippen LogP contribution in [-0.4, -0.2) is 64.3 Å². The maximum Gasteiger partial charge on any atom is 0.163 e. The van der Waals surface area contributed by atoms with Gasteiger partial charge in [-0.1, -0.05) is 6.92 Å². The SMILES string of the molecule is CNC1CCNC(Nc2ccc(OC)c(OC[C@H](C)CN3CCC3)c2)N1. The van der Waals surface area contributed by atoms with Gasteiger partial charge in [0.2, 0.25) is 0 Å². The maximum atomic E-state index is 6.09. The van der Waals surface area contributed by atoms with Crippen LogP contribution >= 0.6 is 0 Å². The molecule has 7 heteroatoms. The summed E-state index contributed by atoms with van der Waals surface area (Å²) in [5.74, 6) is 2.05. The molecule has 7 nitrogen and oxygen atoms in total. The molecule has 0 spiro atoms. The Bertz CT molecular complexity index is 567. The quantitative estimate of drug-likeness (QED) is 0.526. The molecule has 26 heavy (non-hydrogen) atoms. The maximum absolute atomic E-state index is 6.09. The van der Waals surface area contributed by atoms with E-state index in [1.165, 1.54) is 19.5 Å². The smallest absolute Gasteiger partial charge is 0.163 e. The first-order valence-corrected chi connectivity index (χ1v) is 9.64. The highest BCUT2D eigenvalue weighted by Gasteiger charge is 2.20. The molecule has 1 aromatic carbocycles. The zero-order valence-corrected chi connectivity index (χ0v) is 16.2. The molecule has 1 aromatic rings. The lowest BCUT2D eigenvalue weighted by Crippen LogP contribution is -2.61. The monoisotopic (exact) mass is 363 g/mol. The summed E-state index contributed by atoms with van der Waals surface area (Å²) in [4.78, 5) is 2.47. The molecule has 146 valence electrons. The number of hydrogen-bond donors (Lipinski definition) is 4. The van der Waals surface area contributed by atoms with E-state index in [4.69, 9.17) is 9.47 Å². The molecule has 3 atom stereocenters. The second-order valence-corrected chi connectivity index (χ2v) is 7.26. The van der Waals surface area contributed by atoms with Crippen molar-refractivity contribution in [3.63, 3.8) is 0 Å². The van der Waals surface area contributed by atoms with Gasteiger partial charge in [-0.3, -0.25) is 10.6 Å². The van der Waals surface area contributed by atoms with E-state index in [1.54, 1.807) is 7.11 Å². The van der Waals surface area contributed by atoms with Crippen molar-refractivity contribution >= 4 is 5.69 Å². The second-order valence-electron chi connectivity index (χ2n) is 7.26. The fraction of sp³-hybridized carbons (Fsp3) is 0.684. The molecular formula is C19H33N5O2. The molecule has 0 aromatic heterocycles. The first kappa shape index (κ1) is 19.2. The molecule has 0 aliphatic carbocycles. The first-order valence-electron chi connectivity index (χ1n) is 9.64. The van der Waals surface area contributed by atoms with Crippen LogP contribution in [0.15, 0.2) is 18.2 Å². The van der Waals surface area contributed by atoms with E-state index in [9.17, 15) is 0 Å². The summed E-state index contributed by atoms with van der Waals surface area (Å²) in [6.07, 6.45) is 2.71. The zero-order chi connectivity index (χ0) is 18.4. The average Bonchev–Trinajstić information content (AvgIpc) is 2.63. The molecule has 2 saturated heterocycles. The highest BCUT2D eigenvalue weighted by Crippen LogP contribution is 2.31. The number of nitrogens with zero attached hydrogens (tertiary/aromatic N) is 1. The fourth-order valence-electron chi connectivity index (χ4n) is 3.37. The van der Waals surface area contributed by atoms with Crippen LogP contribution in [0.3, 0.4) is 0 Å². The minimum atomic E-state index is 0.0211. The van der Waals surface area contributed by atoms with Gasteiger partial charge in [0.1, 0.15) is 6.29 Å². The summed E-state index contributed by atoms with van der Waals surface area (Å²) in [5.41, 5.74) is 0.998. The van der Waals surface area contributed by atoms with Gasteiger partial charge in [-0.15, -0.1) is 0 Å². The number of anilines is 1. The molecule has 0 amide bonds. The van der Waals surface area contributed by atoms with Crippen LogP contribution in [-0.2, 0) is 0 Å². The summed E-state index contributed by atoms with van der Waals surface area (Å²) in [7, 11) is 3.65. The fourth-order valence-corrected chi connectivity index (χ4v) is 3.37. The Morgan fingerprint density at radius 2 is 2.15 bits per heavy atom. The van der Waals surface area contributed by atoms with E-state index in [0.717, 1.165) is 36.7 Å². The second kappa shape index (κ2) is 9.41. The number of ether oxygens (including phenoxy) is 2. The van der Waals surface area contributed by atoms with Crippen LogP contribution < -0.4 is 30.7 Å². The topological polar surface area (TPSA) is 69.8 Å². The molecule has 0 radical (unpaired) electrons. The Hall–Kier alpha value is -1.54. The van der Waals surface area contributed by atoms with Crippen LogP contribution in [0, 0.1) is 5.92 Å². The van der Waals surface area contributed by atoms with Crippen LogP contribution in [0.4, 0.5) is 5.69 Å². The largest absolute Gasteiger partial charge is 0.493 e. The molecule has 4 N–H and O–H groups in total. The van der Waals surface area contributed by atoms with Gasteiger partial charge < -0.3 is 25.0 Å². The molecule has 0 bridgehead atoms. The summed E-state index contributed by atoms with van der Waals surface area (Å²) in [5, 5.41) is 13.6. The third-order valence-corrected chi connectivity index (χ3v) is 5.01. The standard InChI is InChI=1S/C19H33N5O2/c1-14(12-24-9-4-10-24)13-26-17-11-15(5-6-16(17)25-3)22-19-21-8-7-18(20-2)23-19/h5-6,11,14,18-23H,4,7-10,12-13H2,1-3H3/t14-,18?,19?/m1/s1. The molecule has 3 rings (SSSR count). The minimum absolute atomic E-state index is 0.0211. The number of rotatable bonds is 9. The molecule has 2 heterocycles. The highest BCUT2D eigenvalue weighted by atomic mass is 16.5. The predicted molar refractivity (Wildman–Crippen MR) is 105 cm³/mol. The Kier molecular flexibility index (Phi) is 6.96. The van der Waals surface area contributed by atoms with Crippen molar-refractivity contribution in [1.29, 1.82) is 0 Å². The van der Waals surface area contributed by atoms with Crippen molar-refractivity contribution in [3.05, 3.63) is 18.2 Å². The normalized spacial score (nSPS) is 24.6. The van der Waals surface area contributed by atoms with Crippen molar-refractivity contribution < 1.29 is 9.47 Å². The van der Waals surface area contributed by atoms with E-state index in [2.05, 4.69) is 33.1 Å². The van der Waals surface area contributed by atoms with Crippen LogP contribution in [0.25, 0.3) is 0 Å². The first-order chi connectivity index (χ1) is 12.7. The molecule has 2 aliphatic heterocycles. The van der Waals surface area contributed by atoms with E-state index >= 15 is 0 Å². The Balaban J connectivity index is 1.56. The lowest BCUT2D eigenvalue weighted by atomic mass is 10.1. The molecular weight excluding hydrogens is 330 g/mol. The van der Waals surface area contributed by atoms with Crippen LogP contribution in [0.2, 0.25) is 0 Å². The zero-order valence-electron chi connectivity index (χ0n) is 16.2. The van der Waals surface area contributed by atoms with Crippen molar-refractivity contribution in [2.24, 2.45) is 5.92 Å². The number of likely N-dealkylation sites (tertiary alicyclic amines) is 1. The third kappa shape index (κ3) is 5.23. The summed E-state index contributed by atoms with van der Waals surface area (Å²) in [6, 6.07) is 5.99. The Morgan fingerprint density at radius 3 is 2.85 bits per heavy atom. The minimum Gasteiger partial charge on any atom is -0.493 e. The van der Waals surface area contributed by atoms with E-state index in [1.807, 2.05) is 25.2 Å². The number of hydrogen-bond acceptors (Lipinski definition) is 7. The van der Waals surface area contributed by atoms with Gasteiger partial charge in [0.15, 0.2) is 11.5 Å². The molecule has 2 fully saturated rings.